The van der Waals surface area contributed by atoms with Gasteiger partial charge < -0.3 is 10.1 Å². The molecule has 0 bridgehead atoms. The van der Waals surface area contributed by atoms with E-state index < -0.39 is 11.6 Å². The number of rotatable bonds is 6. The summed E-state index contributed by atoms with van der Waals surface area (Å²) >= 11 is 0. The number of hydrogen-bond acceptors (Lipinski definition) is 4. The maximum absolute atomic E-state index is 13.2. The lowest BCUT2D eigenvalue weighted by Crippen LogP contribution is -2.44. The number of aromatic nitrogens is 2. The van der Waals surface area contributed by atoms with E-state index in [1.54, 1.807) is 6.20 Å². The highest BCUT2D eigenvalue weighted by Crippen LogP contribution is 2.13. The molecule has 0 saturated carbocycles. The van der Waals surface area contributed by atoms with E-state index in [2.05, 4.69) is 15.3 Å². The zero-order valence-corrected chi connectivity index (χ0v) is 12.8. The molecule has 0 atom stereocenters. The van der Waals surface area contributed by atoms with Crippen LogP contribution < -0.4 is 5.32 Å². The molecule has 1 N–H and O–H groups in total. The summed E-state index contributed by atoms with van der Waals surface area (Å²) in [5.41, 5.74) is 1.24. The first-order chi connectivity index (χ1) is 11.2. The standard InChI is InChI=1S/C16H20F2N4O/c17-15-2-1-14(11-16(15)18)22-6-3-13(20-22)12-23-10-9-21-7-4-19-5-8-21/h1-3,6,11,19H,4-5,7-10,12H2. The quantitative estimate of drug-likeness (QED) is 0.820. The summed E-state index contributed by atoms with van der Waals surface area (Å²) in [6, 6.07) is 5.51. The Balaban J connectivity index is 1.48. The van der Waals surface area contributed by atoms with E-state index in [0.29, 0.717) is 18.9 Å². The number of nitrogens with zero attached hydrogens (tertiary/aromatic N) is 3. The third-order valence-corrected chi connectivity index (χ3v) is 3.82. The van der Waals surface area contributed by atoms with Gasteiger partial charge in [-0.1, -0.05) is 0 Å². The second-order valence-corrected chi connectivity index (χ2v) is 5.49. The second kappa shape index (κ2) is 7.63. The Labute approximate surface area is 133 Å². The monoisotopic (exact) mass is 322 g/mol. The molecule has 3 rings (SSSR count). The Morgan fingerprint density at radius 3 is 2.74 bits per heavy atom. The second-order valence-electron chi connectivity index (χ2n) is 5.49. The molecule has 0 amide bonds. The van der Waals surface area contributed by atoms with E-state index in [0.717, 1.165) is 50.6 Å². The first-order valence-corrected chi connectivity index (χ1v) is 7.73. The molecule has 1 aromatic heterocycles. The minimum absolute atomic E-state index is 0.406. The van der Waals surface area contributed by atoms with Gasteiger partial charge in [0.1, 0.15) is 0 Å². The summed E-state index contributed by atoms with van der Waals surface area (Å²) in [7, 11) is 0. The topological polar surface area (TPSA) is 42.3 Å². The van der Waals surface area contributed by atoms with Crippen molar-refractivity contribution in [2.45, 2.75) is 6.61 Å². The molecule has 2 aromatic rings. The average Bonchev–Trinajstić information content (AvgIpc) is 3.04. The third kappa shape index (κ3) is 4.34. The van der Waals surface area contributed by atoms with Gasteiger partial charge in [0.2, 0.25) is 0 Å². The Morgan fingerprint density at radius 1 is 1.13 bits per heavy atom. The van der Waals surface area contributed by atoms with Crippen molar-refractivity contribution < 1.29 is 13.5 Å². The highest BCUT2D eigenvalue weighted by molar-refractivity contribution is 5.32. The number of ether oxygens (including phenoxy) is 1. The number of halogens is 2. The molecule has 0 aliphatic carbocycles. The maximum atomic E-state index is 13.2. The first kappa shape index (κ1) is 16.0. The molecular weight excluding hydrogens is 302 g/mol. The van der Waals surface area contributed by atoms with Gasteiger partial charge in [0.25, 0.3) is 0 Å². The van der Waals surface area contributed by atoms with Gasteiger partial charge >= 0.3 is 0 Å². The predicted molar refractivity (Wildman–Crippen MR) is 82.4 cm³/mol. The van der Waals surface area contributed by atoms with E-state index in [1.807, 2.05) is 6.07 Å². The molecule has 5 nitrogen and oxygen atoms in total. The van der Waals surface area contributed by atoms with Gasteiger partial charge in [-0.25, -0.2) is 13.5 Å². The minimum Gasteiger partial charge on any atom is -0.374 e. The number of nitrogens with one attached hydrogen (secondary N) is 1. The van der Waals surface area contributed by atoms with E-state index in [-0.39, 0.29) is 0 Å². The van der Waals surface area contributed by atoms with Crippen LogP contribution in [0.3, 0.4) is 0 Å². The van der Waals surface area contributed by atoms with Gasteiger partial charge in [-0.05, 0) is 18.2 Å². The molecule has 0 spiro atoms. The van der Waals surface area contributed by atoms with Crippen LogP contribution in [-0.2, 0) is 11.3 Å². The van der Waals surface area contributed by atoms with E-state index in [1.165, 1.54) is 10.7 Å². The molecule has 1 saturated heterocycles. The van der Waals surface area contributed by atoms with Crippen LogP contribution >= 0.6 is 0 Å². The van der Waals surface area contributed by atoms with Crippen molar-refractivity contribution in [3.05, 3.63) is 47.8 Å². The summed E-state index contributed by atoms with van der Waals surface area (Å²) in [5, 5.41) is 7.63. The molecule has 0 unspecified atom stereocenters. The third-order valence-electron chi connectivity index (χ3n) is 3.82. The van der Waals surface area contributed by atoms with E-state index in [4.69, 9.17) is 4.74 Å². The number of benzene rings is 1. The van der Waals surface area contributed by atoms with Gasteiger partial charge in [0.15, 0.2) is 11.6 Å². The fraction of sp³-hybridized carbons (Fsp3) is 0.438. The van der Waals surface area contributed by atoms with Crippen LogP contribution in [0.5, 0.6) is 0 Å². The lowest BCUT2D eigenvalue weighted by molar-refractivity contribution is 0.0866. The van der Waals surface area contributed by atoms with Crippen LogP contribution in [0.4, 0.5) is 8.78 Å². The highest BCUT2D eigenvalue weighted by Gasteiger charge is 2.09. The summed E-state index contributed by atoms with van der Waals surface area (Å²) in [5.74, 6) is -1.75. The van der Waals surface area contributed by atoms with Crippen molar-refractivity contribution in [2.75, 3.05) is 39.3 Å². The molecule has 1 aromatic carbocycles. The Hall–Kier alpha value is -1.83. The first-order valence-electron chi connectivity index (χ1n) is 7.73. The molecule has 23 heavy (non-hydrogen) atoms. The van der Waals surface area contributed by atoms with E-state index >= 15 is 0 Å². The molecule has 1 fully saturated rings. The fourth-order valence-electron chi connectivity index (χ4n) is 2.52. The number of piperazine rings is 1. The van der Waals surface area contributed by atoms with Crippen molar-refractivity contribution in [3.63, 3.8) is 0 Å². The molecule has 0 radical (unpaired) electrons. The van der Waals surface area contributed by atoms with Gasteiger partial charge in [-0.2, -0.15) is 5.10 Å². The molecule has 1 aliphatic rings. The van der Waals surface area contributed by atoms with Crippen LogP contribution in [0.15, 0.2) is 30.5 Å². The molecule has 124 valence electrons. The SMILES string of the molecule is Fc1ccc(-n2ccc(COCCN3CCNCC3)n2)cc1F. The summed E-state index contributed by atoms with van der Waals surface area (Å²) in [6.45, 7) is 6.12. The van der Waals surface area contributed by atoms with Crippen LogP contribution in [0.25, 0.3) is 5.69 Å². The molecule has 2 heterocycles. The Morgan fingerprint density at radius 2 is 1.96 bits per heavy atom. The number of hydrogen-bond donors (Lipinski definition) is 1. The van der Waals surface area contributed by atoms with Crippen molar-refractivity contribution in [2.24, 2.45) is 0 Å². The van der Waals surface area contributed by atoms with Crippen LogP contribution in [0, 0.1) is 11.6 Å². The van der Waals surface area contributed by atoms with Gasteiger partial charge in [-0.15, -0.1) is 0 Å². The van der Waals surface area contributed by atoms with Crippen molar-refractivity contribution in [1.29, 1.82) is 0 Å². The largest absolute Gasteiger partial charge is 0.374 e. The zero-order chi connectivity index (χ0) is 16.1. The van der Waals surface area contributed by atoms with Crippen molar-refractivity contribution in [1.82, 2.24) is 20.0 Å². The van der Waals surface area contributed by atoms with Crippen LogP contribution in [0.2, 0.25) is 0 Å². The summed E-state index contributed by atoms with van der Waals surface area (Å²) in [6.07, 6.45) is 1.71. The molecular formula is C16H20F2N4O. The molecule has 1 aliphatic heterocycles. The normalized spacial score (nSPS) is 15.9. The lowest BCUT2D eigenvalue weighted by Gasteiger charge is -2.26. The van der Waals surface area contributed by atoms with Crippen LogP contribution in [-0.4, -0.2) is 54.0 Å². The van der Waals surface area contributed by atoms with E-state index in [9.17, 15) is 8.78 Å². The predicted octanol–water partition coefficient (Wildman–Crippen LogP) is 1.57. The average molecular weight is 322 g/mol. The van der Waals surface area contributed by atoms with Crippen molar-refractivity contribution >= 4 is 0 Å². The Bertz CT molecular complexity index is 641. The van der Waals surface area contributed by atoms with Crippen LogP contribution in [0.1, 0.15) is 5.69 Å². The fourth-order valence-corrected chi connectivity index (χ4v) is 2.52. The van der Waals surface area contributed by atoms with Crippen molar-refractivity contribution in [3.8, 4) is 5.69 Å². The van der Waals surface area contributed by atoms with Gasteiger partial charge in [0, 0.05) is 45.0 Å². The highest BCUT2D eigenvalue weighted by atomic mass is 19.2. The Kier molecular flexibility index (Phi) is 5.32. The smallest absolute Gasteiger partial charge is 0.160 e. The lowest BCUT2D eigenvalue weighted by atomic mass is 10.3. The van der Waals surface area contributed by atoms with Gasteiger partial charge in [-0.3, -0.25) is 4.90 Å². The summed E-state index contributed by atoms with van der Waals surface area (Å²) in [4.78, 5) is 2.36. The molecule has 7 heteroatoms. The summed E-state index contributed by atoms with van der Waals surface area (Å²) < 4.78 is 33.3. The zero-order valence-electron chi connectivity index (χ0n) is 12.8. The minimum atomic E-state index is -0.883. The van der Waals surface area contributed by atoms with Gasteiger partial charge in [0.05, 0.1) is 24.6 Å². The maximum Gasteiger partial charge on any atom is 0.160 e.